The van der Waals surface area contributed by atoms with Crippen molar-refractivity contribution in [3.63, 3.8) is 0 Å². The van der Waals surface area contributed by atoms with Crippen molar-refractivity contribution in [1.29, 1.82) is 0 Å². The van der Waals surface area contributed by atoms with Gasteiger partial charge in [-0.2, -0.15) is 0 Å². The molecule has 1 aromatic carbocycles. The number of methoxy groups -OCH3 is 1. The first kappa shape index (κ1) is 16.8. The Morgan fingerprint density at radius 2 is 1.88 bits per heavy atom. The van der Waals surface area contributed by atoms with Gasteiger partial charge in [-0.3, -0.25) is 4.79 Å². The maximum Gasteiger partial charge on any atom is 0.419 e. The van der Waals surface area contributed by atoms with Gasteiger partial charge in [-0.1, -0.05) is 6.07 Å². The van der Waals surface area contributed by atoms with Gasteiger partial charge in [-0.25, -0.2) is 9.36 Å². The molecule has 0 aliphatic heterocycles. The molecular weight excluding hydrogens is 320 g/mol. The summed E-state index contributed by atoms with van der Waals surface area (Å²) in [5.74, 6) is 0.628. The van der Waals surface area contributed by atoms with Gasteiger partial charge in [0.25, 0.3) is 0 Å². The molecule has 0 atom stereocenters. The Hall–Kier alpha value is -3.02. The highest BCUT2D eigenvalue weighted by Crippen LogP contribution is 2.30. The first-order valence-electron chi connectivity index (χ1n) is 7.91. The molecule has 6 nitrogen and oxygen atoms in total. The minimum atomic E-state index is -0.645. The van der Waals surface area contributed by atoms with Gasteiger partial charge in [0.15, 0.2) is 0 Å². The van der Waals surface area contributed by atoms with Crippen molar-refractivity contribution >= 4 is 17.0 Å². The molecule has 0 aliphatic carbocycles. The lowest BCUT2D eigenvalue weighted by atomic mass is 10.2. The molecule has 1 N–H and O–H groups in total. The summed E-state index contributed by atoms with van der Waals surface area (Å²) < 4.78 is 12.3. The van der Waals surface area contributed by atoms with E-state index in [0.717, 1.165) is 5.39 Å². The van der Waals surface area contributed by atoms with Gasteiger partial charge in [0, 0.05) is 17.5 Å². The number of benzene rings is 1. The van der Waals surface area contributed by atoms with Crippen molar-refractivity contribution in [2.75, 3.05) is 7.11 Å². The van der Waals surface area contributed by atoms with Crippen LogP contribution in [0.4, 0.5) is 4.79 Å². The van der Waals surface area contributed by atoms with Crippen LogP contribution in [0.2, 0.25) is 0 Å². The number of nitrogens with zero attached hydrogens (tertiary/aromatic N) is 1. The Kier molecular flexibility index (Phi) is 4.12. The Labute approximate surface area is 145 Å². The van der Waals surface area contributed by atoms with Crippen molar-refractivity contribution in [3.8, 4) is 17.1 Å². The van der Waals surface area contributed by atoms with Crippen LogP contribution in [-0.4, -0.2) is 28.4 Å². The predicted octanol–water partition coefficient (Wildman–Crippen LogP) is 3.79. The highest BCUT2D eigenvalue weighted by Gasteiger charge is 2.23. The molecule has 0 amide bonds. The summed E-state index contributed by atoms with van der Waals surface area (Å²) in [6.45, 7) is 5.42. The Bertz CT molecular complexity index is 993. The van der Waals surface area contributed by atoms with Crippen LogP contribution in [0.15, 0.2) is 47.3 Å². The third kappa shape index (κ3) is 3.42. The first-order chi connectivity index (χ1) is 11.8. The zero-order valence-corrected chi connectivity index (χ0v) is 14.6. The van der Waals surface area contributed by atoms with Crippen molar-refractivity contribution in [2.24, 2.45) is 0 Å². The third-order valence-electron chi connectivity index (χ3n) is 3.63. The second-order valence-corrected chi connectivity index (χ2v) is 6.70. The van der Waals surface area contributed by atoms with Crippen LogP contribution in [-0.2, 0) is 4.74 Å². The zero-order chi connectivity index (χ0) is 18.2. The average molecular weight is 340 g/mol. The summed E-state index contributed by atoms with van der Waals surface area (Å²) in [4.78, 5) is 27.3. The molecule has 0 fully saturated rings. The zero-order valence-electron chi connectivity index (χ0n) is 14.6. The highest BCUT2D eigenvalue weighted by molar-refractivity contribution is 5.96. The minimum Gasteiger partial charge on any atom is -0.497 e. The number of fused-ring (bicyclic) bond motifs is 1. The van der Waals surface area contributed by atoms with Gasteiger partial charge in [0.2, 0.25) is 5.56 Å². The normalized spacial score (nSPS) is 11.5. The summed E-state index contributed by atoms with van der Waals surface area (Å²) in [6, 6.07) is 12.1. The molecule has 130 valence electrons. The lowest BCUT2D eigenvalue weighted by Crippen LogP contribution is -2.27. The molecule has 0 saturated carbocycles. The third-order valence-corrected chi connectivity index (χ3v) is 3.63. The van der Waals surface area contributed by atoms with Crippen LogP contribution < -0.4 is 10.3 Å². The molecule has 3 aromatic rings. The smallest absolute Gasteiger partial charge is 0.419 e. The largest absolute Gasteiger partial charge is 0.497 e. The van der Waals surface area contributed by atoms with E-state index < -0.39 is 11.7 Å². The van der Waals surface area contributed by atoms with Gasteiger partial charge >= 0.3 is 6.09 Å². The fourth-order valence-corrected chi connectivity index (χ4v) is 2.61. The van der Waals surface area contributed by atoms with Crippen LogP contribution >= 0.6 is 0 Å². The summed E-state index contributed by atoms with van der Waals surface area (Å²) in [6.07, 6.45) is -0.518. The second-order valence-electron chi connectivity index (χ2n) is 6.70. The summed E-state index contributed by atoms with van der Waals surface area (Å²) in [5.41, 5.74) is 0.849. The van der Waals surface area contributed by atoms with Crippen LogP contribution in [0.3, 0.4) is 0 Å². The number of aromatic nitrogens is 2. The number of hydrogen-bond acceptors (Lipinski definition) is 4. The predicted molar refractivity (Wildman–Crippen MR) is 96.2 cm³/mol. The monoisotopic (exact) mass is 340 g/mol. The van der Waals surface area contributed by atoms with Crippen molar-refractivity contribution < 1.29 is 14.3 Å². The number of pyridine rings is 1. The first-order valence-corrected chi connectivity index (χ1v) is 7.91. The number of carbonyl (C=O) groups excluding carboxylic acids is 1. The number of H-pyrrole nitrogens is 1. The molecule has 2 heterocycles. The molecule has 6 heteroatoms. The van der Waals surface area contributed by atoms with Gasteiger partial charge in [-0.05, 0) is 45.0 Å². The van der Waals surface area contributed by atoms with E-state index in [1.807, 2.05) is 18.2 Å². The van der Waals surface area contributed by atoms with E-state index >= 15 is 0 Å². The molecule has 25 heavy (non-hydrogen) atoms. The van der Waals surface area contributed by atoms with Crippen LogP contribution in [0.5, 0.6) is 5.75 Å². The quantitative estimate of drug-likeness (QED) is 0.770. The number of ether oxygens (including phenoxy) is 2. The molecule has 2 aromatic heterocycles. The molecular formula is C19H20N2O4. The fourth-order valence-electron chi connectivity index (χ4n) is 2.61. The van der Waals surface area contributed by atoms with E-state index in [1.54, 1.807) is 46.1 Å². The molecule has 0 unspecified atom stereocenters. The summed E-state index contributed by atoms with van der Waals surface area (Å²) in [5, 5.41) is 0.839. The van der Waals surface area contributed by atoms with E-state index in [1.165, 1.54) is 10.6 Å². The fraction of sp³-hybridized carbons (Fsp3) is 0.263. The van der Waals surface area contributed by atoms with Gasteiger partial charge in [-0.15, -0.1) is 0 Å². The molecule has 0 spiro atoms. The Balaban J connectivity index is 2.26. The van der Waals surface area contributed by atoms with Crippen LogP contribution in [0, 0.1) is 0 Å². The molecule has 3 rings (SSSR count). The van der Waals surface area contributed by atoms with Gasteiger partial charge in [0.05, 0.1) is 24.0 Å². The second kappa shape index (κ2) is 6.12. The Morgan fingerprint density at radius 3 is 2.52 bits per heavy atom. The standard InChI is InChI=1S/C19H20N2O4/c1-19(2,3)25-18(23)21-15-11-13(24-4)9-8-12(15)10-16(21)14-6-5-7-17(22)20-14/h5-11H,1-4H3,(H,20,22). The van der Waals surface area contributed by atoms with Gasteiger partial charge < -0.3 is 14.5 Å². The Morgan fingerprint density at radius 1 is 1.12 bits per heavy atom. The lowest BCUT2D eigenvalue weighted by Gasteiger charge is -2.21. The van der Waals surface area contributed by atoms with E-state index in [0.29, 0.717) is 22.7 Å². The van der Waals surface area contributed by atoms with E-state index in [-0.39, 0.29) is 5.56 Å². The summed E-state index contributed by atoms with van der Waals surface area (Å²) in [7, 11) is 1.57. The minimum absolute atomic E-state index is 0.240. The number of hydrogen-bond donors (Lipinski definition) is 1. The number of rotatable bonds is 2. The molecule has 0 aliphatic rings. The maximum atomic E-state index is 12.8. The maximum absolute atomic E-state index is 12.8. The van der Waals surface area contributed by atoms with Crippen molar-refractivity contribution in [1.82, 2.24) is 9.55 Å². The topological polar surface area (TPSA) is 73.3 Å². The van der Waals surface area contributed by atoms with E-state index in [9.17, 15) is 9.59 Å². The average Bonchev–Trinajstić information content (AvgIpc) is 2.91. The molecule has 0 radical (unpaired) electrons. The number of aromatic amines is 1. The summed E-state index contributed by atoms with van der Waals surface area (Å²) >= 11 is 0. The van der Waals surface area contributed by atoms with Crippen LogP contribution in [0.1, 0.15) is 20.8 Å². The number of carbonyl (C=O) groups is 1. The van der Waals surface area contributed by atoms with Gasteiger partial charge in [0.1, 0.15) is 11.4 Å². The van der Waals surface area contributed by atoms with E-state index in [2.05, 4.69) is 4.98 Å². The molecule has 0 saturated heterocycles. The SMILES string of the molecule is COc1ccc2cc(-c3cccc(=O)[nH]3)n(C(=O)OC(C)(C)C)c2c1. The highest BCUT2D eigenvalue weighted by atomic mass is 16.6. The van der Waals surface area contributed by atoms with E-state index in [4.69, 9.17) is 9.47 Å². The van der Waals surface area contributed by atoms with Crippen LogP contribution in [0.25, 0.3) is 22.3 Å². The number of nitrogens with one attached hydrogen (secondary N) is 1. The lowest BCUT2D eigenvalue weighted by molar-refractivity contribution is 0.0547. The van der Waals surface area contributed by atoms with Crippen molar-refractivity contribution in [3.05, 3.63) is 52.8 Å². The van der Waals surface area contributed by atoms with Crippen molar-refractivity contribution in [2.45, 2.75) is 26.4 Å². The molecule has 0 bridgehead atoms.